The molecule has 1 unspecified atom stereocenters. The van der Waals surface area contributed by atoms with E-state index in [4.69, 9.17) is 4.99 Å². The fourth-order valence-electron chi connectivity index (χ4n) is 5.57. The summed E-state index contributed by atoms with van der Waals surface area (Å²) in [5.41, 5.74) is 4.03. The molecule has 24 heavy (non-hydrogen) atoms. The Kier molecular flexibility index (Phi) is 1.78. The molecule has 5 nitrogen and oxygen atoms in total. The molecule has 0 amide bonds. The summed E-state index contributed by atoms with van der Waals surface area (Å²) in [6.45, 7) is 0.844. The van der Waals surface area contributed by atoms with Crippen LogP contribution in [0, 0.1) is 0 Å². The van der Waals surface area contributed by atoms with Crippen molar-refractivity contribution in [2.24, 2.45) is 9.98 Å². The highest BCUT2D eigenvalue weighted by atomic mass is 32.2. The molecule has 6 heteroatoms. The lowest BCUT2D eigenvalue weighted by Crippen LogP contribution is -2.58. The second-order valence-electron chi connectivity index (χ2n) is 7.49. The van der Waals surface area contributed by atoms with Gasteiger partial charge in [0.1, 0.15) is 16.4 Å². The Hall–Kier alpha value is -2.08. The van der Waals surface area contributed by atoms with Gasteiger partial charge in [-0.2, -0.15) is 0 Å². The number of rotatable bonds is 0. The minimum absolute atomic E-state index is 0.0673. The molecule has 1 aromatic carbocycles. The van der Waals surface area contributed by atoms with Crippen LogP contribution >= 0.6 is 11.8 Å². The molecule has 1 aliphatic carbocycles. The van der Waals surface area contributed by atoms with Crippen molar-refractivity contribution in [3.8, 4) is 5.75 Å². The fraction of sp³-hybridized carbons (Fsp3) is 0.389. The first kappa shape index (κ1) is 12.3. The van der Waals surface area contributed by atoms with E-state index in [0.29, 0.717) is 5.69 Å². The van der Waals surface area contributed by atoms with Crippen LogP contribution in [-0.4, -0.2) is 35.1 Å². The number of benzene rings is 1. The smallest absolute Gasteiger partial charge is 0.178 e. The molecule has 0 saturated carbocycles. The van der Waals surface area contributed by atoms with E-state index in [1.165, 1.54) is 5.57 Å². The molecule has 118 valence electrons. The van der Waals surface area contributed by atoms with Crippen molar-refractivity contribution in [2.45, 2.75) is 36.1 Å². The Labute approximate surface area is 141 Å². The van der Waals surface area contributed by atoms with Crippen LogP contribution < -0.4 is 15.5 Å². The number of aromatic hydroxyl groups is 1. The third-order valence-corrected chi connectivity index (χ3v) is 7.81. The van der Waals surface area contributed by atoms with Gasteiger partial charge in [0.2, 0.25) is 0 Å². The van der Waals surface area contributed by atoms with Crippen LogP contribution in [0.5, 0.6) is 5.75 Å². The molecule has 3 atom stereocenters. The summed E-state index contributed by atoms with van der Waals surface area (Å²) in [6.07, 6.45) is 6.42. The van der Waals surface area contributed by atoms with Gasteiger partial charge in [0.15, 0.2) is 11.5 Å². The molecule has 7 rings (SSSR count). The first-order valence-electron chi connectivity index (χ1n) is 8.41. The van der Waals surface area contributed by atoms with E-state index in [2.05, 4.69) is 9.89 Å². The molecule has 1 aromatic rings. The van der Waals surface area contributed by atoms with E-state index >= 15 is 0 Å². The van der Waals surface area contributed by atoms with Gasteiger partial charge < -0.3 is 10.0 Å². The number of thioether (sulfide) groups is 1. The molecule has 5 heterocycles. The van der Waals surface area contributed by atoms with Crippen molar-refractivity contribution in [3.05, 3.63) is 27.1 Å². The van der Waals surface area contributed by atoms with Crippen LogP contribution in [0.25, 0.3) is 5.57 Å². The van der Waals surface area contributed by atoms with Crippen LogP contribution in [0.15, 0.2) is 21.0 Å². The van der Waals surface area contributed by atoms with Gasteiger partial charge in [0.25, 0.3) is 0 Å². The number of carbonyl (C=O) groups is 1. The molecule has 3 bridgehead atoms. The minimum Gasteiger partial charge on any atom is -0.504 e. The minimum atomic E-state index is -0.117. The quantitative estimate of drug-likeness (QED) is 0.769. The SMILES string of the molecule is O=C1C=C2S[C@@H]3CC24C[C@@H]1N1CCC2=c5c(c(O)c(c4c51)=N3)N=C2. The van der Waals surface area contributed by atoms with Gasteiger partial charge in [-0.05, 0) is 30.9 Å². The molecule has 1 saturated heterocycles. The highest BCUT2D eigenvalue weighted by molar-refractivity contribution is 8.04. The Morgan fingerprint density at radius 1 is 1.38 bits per heavy atom. The number of phenolic OH excluding ortho intramolecular Hbond substituents is 1. The molecular weight excluding hydrogens is 322 g/mol. The first-order valence-corrected chi connectivity index (χ1v) is 9.29. The Balaban J connectivity index is 1.78. The molecule has 0 aromatic heterocycles. The van der Waals surface area contributed by atoms with Crippen LogP contribution in [0.3, 0.4) is 0 Å². The summed E-state index contributed by atoms with van der Waals surface area (Å²) in [4.78, 5) is 25.6. The van der Waals surface area contributed by atoms with E-state index in [0.717, 1.165) is 52.5 Å². The van der Waals surface area contributed by atoms with E-state index in [-0.39, 0.29) is 28.4 Å². The van der Waals surface area contributed by atoms with Crippen molar-refractivity contribution in [2.75, 3.05) is 11.4 Å². The lowest BCUT2D eigenvalue weighted by molar-refractivity contribution is -0.117. The fourth-order valence-corrected chi connectivity index (χ4v) is 7.07. The monoisotopic (exact) mass is 335 g/mol. The normalized spacial score (nSPS) is 35.3. The number of anilines is 1. The summed E-state index contributed by atoms with van der Waals surface area (Å²) in [5, 5.41) is 12.8. The zero-order chi connectivity index (χ0) is 15.8. The first-order chi connectivity index (χ1) is 11.7. The molecule has 5 aliphatic heterocycles. The maximum atomic E-state index is 12.8. The van der Waals surface area contributed by atoms with Gasteiger partial charge in [-0.25, -0.2) is 0 Å². The van der Waals surface area contributed by atoms with Gasteiger partial charge in [0.05, 0.1) is 11.7 Å². The Morgan fingerprint density at radius 2 is 2.29 bits per heavy atom. The van der Waals surface area contributed by atoms with E-state index in [1.807, 2.05) is 12.3 Å². The Morgan fingerprint density at radius 3 is 3.21 bits per heavy atom. The molecule has 0 radical (unpaired) electrons. The topological polar surface area (TPSA) is 65.3 Å². The number of hydrogen-bond acceptors (Lipinski definition) is 6. The van der Waals surface area contributed by atoms with Crippen LogP contribution in [-0.2, 0) is 10.2 Å². The number of hydrogen-bond donors (Lipinski definition) is 1. The third-order valence-electron chi connectivity index (χ3n) is 6.50. The van der Waals surface area contributed by atoms with E-state index in [1.54, 1.807) is 11.8 Å². The molecular formula is C18H13N3O2S. The number of aliphatic imine (C=N–C) groups is 1. The predicted molar refractivity (Wildman–Crippen MR) is 91.6 cm³/mol. The number of nitrogens with zero attached hydrogens (tertiary/aromatic N) is 3. The van der Waals surface area contributed by atoms with Gasteiger partial charge in [-0.3, -0.25) is 14.8 Å². The summed E-state index contributed by atoms with van der Waals surface area (Å²) in [6, 6.07) is -0.0673. The second kappa shape index (κ2) is 3.47. The largest absolute Gasteiger partial charge is 0.504 e. The number of fused-ring (bicyclic) bond motifs is 3. The zero-order valence-electron chi connectivity index (χ0n) is 12.7. The van der Waals surface area contributed by atoms with Gasteiger partial charge >= 0.3 is 0 Å². The van der Waals surface area contributed by atoms with Crippen LogP contribution in [0.2, 0.25) is 0 Å². The van der Waals surface area contributed by atoms with Gasteiger partial charge in [-0.15, -0.1) is 11.8 Å². The van der Waals surface area contributed by atoms with E-state index in [9.17, 15) is 9.90 Å². The summed E-state index contributed by atoms with van der Waals surface area (Å²) in [5.74, 6) is 0.463. The molecule has 1 spiro atoms. The maximum absolute atomic E-state index is 12.8. The van der Waals surface area contributed by atoms with E-state index < -0.39 is 0 Å². The van der Waals surface area contributed by atoms with Crippen molar-refractivity contribution < 1.29 is 9.90 Å². The lowest BCUT2D eigenvalue weighted by Gasteiger charge is -2.50. The van der Waals surface area contributed by atoms with Crippen LogP contribution in [0.4, 0.5) is 11.4 Å². The van der Waals surface area contributed by atoms with Gasteiger partial charge in [-0.1, -0.05) is 0 Å². The number of allylic oxidation sites excluding steroid dienone is 1. The average molecular weight is 335 g/mol. The second-order valence-corrected chi connectivity index (χ2v) is 8.71. The average Bonchev–Trinajstić information content (AvgIpc) is 3.11. The van der Waals surface area contributed by atoms with Crippen molar-refractivity contribution >= 4 is 40.7 Å². The number of phenols is 1. The summed E-state index contributed by atoms with van der Waals surface area (Å²) in [7, 11) is 0. The summed E-state index contributed by atoms with van der Waals surface area (Å²) < 4.78 is 0. The number of ketones is 1. The Bertz CT molecular complexity index is 1100. The third kappa shape index (κ3) is 1.06. The predicted octanol–water partition coefficient (Wildman–Crippen LogP) is 1.04. The lowest BCUT2D eigenvalue weighted by atomic mass is 9.64. The summed E-state index contributed by atoms with van der Waals surface area (Å²) >= 11 is 1.71. The zero-order valence-corrected chi connectivity index (χ0v) is 13.6. The van der Waals surface area contributed by atoms with Crippen molar-refractivity contribution in [1.82, 2.24) is 0 Å². The highest BCUT2D eigenvalue weighted by Crippen LogP contribution is 2.62. The maximum Gasteiger partial charge on any atom is 0.178 e. The number of carbonyl (C=O) groups excluding carboxylic acids is 1. The van der Waals surface area contributed by atoms with Crippen molar-refractivity contribution in [3.63, 3.8) is 0 Å². The molecule has 1 fully saturated rings. The van der Waals surface area contributed by atoms with Gasteiger partial charge in [0, 0.05) is 33.9 Å². The molecule has 6 aliphatic rings. The highest BCUT2D eigenvalue weighted by Gasteiger charge is 2.59. The standard InChI is InChI=1S/C18H13N3O2S/c22-9-3-10-18-4-8(9)21-2-1-7-6-19-14-12(7)16(21)13(18)15(17(14)23)20-11(5-18)24-10/h3,6,8,11,23H,1-2,4-5H2/t8-,11+,18?/m0/s1. The van der Waals surface area contributed by atoms with Crippen molar-refractivity contribution in [1.29, 1.82) is 0 Å². The molecule has 1 N–H and O–H groups in total. The van der Waals surface area contributed by atoms with Crippen LogP contribution in [0.1, 0.15) is 24.8 Å².